The van der Waals surface area contributed by atoms with Crippen LogP contribution >= 0.6 is 0 Å². The second-order valence-corrected chi connectivity index (χ2v) is 5.78. The van der Waals surface area contributed by atoms with Crippen molar-refractivity contribution < 1.29 is 0 Å². The third kappa shape index (κ3) is 4.57. The third-order valence-electron chi connectivity index (χ3n) is 4.09. The molecule has 0 aliphatic heterocycles. The van der Waals surface area contributed by atoms with Gasteiger partial charge in [0.05, 0.1) is 5.69 Å². The van der Waals surface area contributed by atoms with Crippen molar-refractivity contribution >= 4 is 0 Å². The number of aryl methyl sites for hydroxylation is 1. The Kier molecular flexibility index (Phi) is 5.77. The molecule has 1 fully saturated rings. The van der Waals surface area contributed by atoms with Crippen LogP contribution in [0.25, 0.3) is 0 Å². The minimum Gasteiger partial charge on any atom is -0.309 e. The molecule has 0 saturated heterocycles. The van der Waals surface area contributed by atoms with Crippen LogP contribution in [0.2, 0.25) is 0 Å². The molecule has 1 aliphatic carbocycles. The van der Waals surface area contributed by atoms with Gasteiger partial charge in [0.1, 0.15) is 5.82 Å². The van der Waals surface area contributed by atoms with Crippen molar-refractivity contribution in [3.8, 4) is 0 Å². The molecule has 2 rings (SSSR count). The lowest BCUT2D eigenvalue weighted by Gasteiger charge is -2.27. The molecule has 19 heavy (non-hydrogen) atoms. The summed E-state index contributed by atoms with van der Waals surface area (Å²) in [7, 11) is 0. The lowest BCUT2D eigenvalue weighted by Crippen LogP contribution is -2.26. The van der Waals surface area contributed by atoms with Crippen molar-refractivity contribution in [2.75, 3.05) is 6.54 Å². The monoisotopic (exact) mass is 261 g/mol. The van der Waals surface area contributed by atoms with E-state index in [-0.39, 0.29) is 0 Å². The van der Waals surface area contributed by atoms with Crippen LogP contribution < -0.4 is 5.32 Å². The van der Waals surface area contributed by atoms with Crippen molar-refractivity contribution in [3.63, 3.8) is 0 Å². The quantitative estimate of drug-likeness (QED) is 0.846. The maximum absolute atomic E-state index is 4.62. The predicted octanol–water partition coefficient (Wildman–Crippen LogP) is 3.80. The number of hydrogen-bond acceptors (Lipinski definition) is 3. The first-order valence-electron chi connectivity index (χ1n) is 7.82. The van der Waals surface area contributed by atoms with E-state index in [4.69, 9.17) is 0 Å². The summed E-state index contributed by atoms with van der Waals surface area (Å²) >= 11 is 0. The summed E-state index contributed by atoms with van der Waals surface area (Å²) in [6.07, 6.45) is 11.3. The van der Waals surface area contributed by atoms with Gasteiger partial charge in [0.15, 0.2) is 0 Å². The molecule has 1 N–H and O–H groups in total. The third-order valence-corrected chi connectivity index (χ3v) is 4.09. The summed E-state index contributed by atoms with van der Waals surface area (Å²) in [5, 5.41) is 3.67. The molecule has 1 aromatic heterocycles. The van der Waals surface area contributed by atoms with Gasteiger partial charge >= 0.3 is 0 Å². The second-order valence-electron chi connectivity index (χ2n) is 5.78. The summed E-state index contributed by atoms with van der Waals surface area (Å²) in [5.74, 6) is 1.75. The van der Waals surface area contributed by atoms with E-state index >= 15 is 0 Å². The first-order chi connectivity index (χ1) is 9.29. The molecule has 106 valence electrons. The van der Waals surface area contributed by atoms with E-state index in [1.165, 1.54) is 50.6 Å². The van der Waals surface area contributed by atoms with Gasteiger partial charge < -0.3 is 5.32 Å². The summed E-state index contributed by atoms with van der Waals surface area (Å²) in [4.78, 5) is 8.83. The average molecular weight is 261 g/mol. The van der Waals surface area contributed by atoms with Crippen molar-refractivity contribution in [2.24, 2.45) is 5.92 Å². The molecule has 0 aromatic carbocycles. The van der Waals surface area contributed by atoms with Gasteiger partial charge in [-0.25, -0.2) is 9.97 Å². The van der Waals surface area contributed by atoms with Gasteiger partial charge in [-0.2, -0.15) is 0 Å². The molecule has 0 amide bonds. The van der Waals surface area contributed by atoms with Crippen LogP contribution in [0.15, 0.2) is 12.3 Å². The molecule has 3 heteroatoms. The fourth-order valence-corrected chi connectivity index (χ4v) is 3.05. The van der Waals surface area contributed by atoms with Gasteiger partial charge in [0.2, 0.25) is 0 Å². The van der Waals surface area contributed by atoms with E-state index in [0.717, 1.165) is 18.3 Å². The second kappa shape index (κ2) is 7.59. The minimum atomic E-state index is 0.407. The Hall–Kier alpha value is -0.960. The Morgan fingerprint density at radius 1 is 1.32 bits per heavy atom. The van der Waals surface area contributed by atoms with Crippen LogP contribution in [-0.2, 0) is 0 Å². The van der Waals surface area contributed by atoms with E-state index in [0.29, 0.717) is 6.04 Å². The van der Waals surface area contributed by atoms with Crippen LogP contribution in [-0.4, -0.2) is 16.5 Å². The van der Waals surface area contributed by atoms with Gasteiger partial charge in [0, 0.05) is 12.2 Å². The van der Waals surface area contributed by atoms with Gasteiger partial charge in [-0.1, -0.05) is 39.0 Å². The molecule has 1 aliphatic rings. The highest BCUT2D eigenvalue weighted by Gasteiger charge is 2.20. The zero-order valence-electron chi connectivity index (χ0n) is 12.4. The molecule has 1 heterocycles. The van der Waals surface area contributed by atoms with Crippen molar-refractivity contribution in [1.29, 1.82) is 0 Å². The Balaban J connectivity index is 2.01. The Labute approximate surface area is 117 Å². The summed E-state index contributed by atoms with van der Waals surface area (Å²) in [5.41, 5.74) is 1.17. The highest BCUT2D eigenvalue weighted by molar-refractivity contribution is 5.07. The molecule has 0 radical (unpaired) electrons. The van der Waals surface area contributed by atoms with E-state index in [1.54, 1.807) is 0 Å². The average Bonchev–Trinajstić information content (AvgIpc) is 2.44. The van der Waals surface area contributed by atoms with Crippen LogP contribution in [0.3, 0.4) is 0 Å². The maximum atomic E-state index is 4.62. The zero-order valence-corrected chi connectivity index (χ0v) is 12.4. The van der Waals surface area contributed by atoms with Gasteiger partial charge in [-0.3, -0.25) is 0 Å². The molecule has 1 atom stereocenters. The van der Waals surface area contributed by atoms with Crippen molar-refractivity contribution in [3.05, 3.63) is 23.8 Å². The van der Waals surface area contributed by atoms with Crippen molar-refractivity contribution in [2.45, 2.75) is 64.8 Å². The first-order valence-corrected chi connectivity index (χ1v) is 7.82. The number of aromatic nitrogens is 2. The fourth-order valence-electron chi connectivity index (χ4n) is 3.05. The fraction of sp³-hybridized carbons (Fsp3) is 0.750. The number of rotatable bonds is 6. The number of nitrogens with zero attached hydrogens (tertiary/aromatic N) is 2. The van der Waals surface area contributed by atoms with E-state index < -0.39 is 0 Å². The van der Waals surface area contributed by atoms with Gasteiger partial charge in [-0.05, 0) is 38.3 Å². The Bertz CT molecular complexity index is 372. The summed E-state index contributed by atoms with van der Waals surface area (Å²) in [6, 6.07) is 2.48. The smallest absolute Gasteiger partial charge is 0.125 e. The van der Waals surface area contributed by atoms with E-state index in [2.05, 4.69) is 28.3 Å². The highest BCUT2D eigenvalue weighted by Crippen LogP contribution is 2.31. The van der Waals surface area contributed by atoms with Crippen LogP contribution in [0, 0.1) is 12.8 Å². The molecule has 3 nitrogen and oxygen atoms in total. The summed E-state index contributed by atoms with van der Waals surface area (Å²) in [6.45, 7) is 5.26. The predicted molar refractivity (Wildman–Crippen MR) is 79.0 cm³/mol. The lowest BCUT2D eigenvalue weighted by molar-refractivity contribution is 0.297. The largest absolute Gasteiger partial charge is 0.309 e. The number of hydrogen-bond donors (Lipinski definition) is 1. The molecular weight excluding hydrogens is 234 g/mol. The van der Waals surface area contributed by atoms with Crippen molar-refractivity contribution in [1.82, 2.24) is 15.3 Å². The standard InChI is InChI=1S/C16H27N3/c1-3-10-18-16(12-14-7-5-4-6-8-14)15-9-11-17-13(2)19-15/h9,11,14,16,18H,3-8,10,12H2,1-2H3. The molecule has 0 bridgehead atoms. The van der Waals surface area contributed by atoms with E-state index in [1.807, 2.05) is 13.1 Å². The summed E-state index contributed by atoms with van der Waals surface area (Å²) < 4.78 is 0. The van der Waals surface area contributed by atoms with Gasteiger partial charge in [-0.15, -0.1) is 0 Å². The van der Waals surface area contributed by atoms with Crippen LogP contribution in [0.5, 0.6) is 0 Å². The van der Waals surface area contributed by atoms with Crippen LogP contribution in [0.4, 0.5) is 0 Å². The lowest BCUT2D eigenvalue weighted by atomic mass is 9.84. The van der Waals surface area contributed by atoms with E-state index in [9.17, 15) is 0 Å². The normalized spacial score (nSPS) is 18.4. The minimum absolute atomic E-state index is 0.407. The van der Waals surface area contributed by atoms with Crippen LogP contribution in [0.1, 0.15) is 69.4 Å². The molecule has 0 spiro atoms. The molecule has 1 aromatic rings. The Morgan fingerprint density at radius 3 is 2.79 bits per heavy atom. The number of nitrogens with one attached hydrogen (secondary N) is 1. The first kappa shape index (κ1) is 14.4. The topological polar surface area (TPSA) is 37.8 Å². The maximum Gasteiger partial charge on any atom is 0.125 e. The SMILES string of the molecule is CCCNC(CC1CCCCC1)c1ccnc(C)n1. The molecular formula is C16H27N3. The molecule has 1 unspecified atom stereocenters. The molecule has 1 saturated carbocycles. The highest BCUT2D eigenvalue weighted by atomic mass is 15.0. The zero-order chi connectivity index (χ0) is 13.5. The Morgan fingerprint density at radius 2 is 2.11 bits per heavy atom. The van der Waals surface area contributed by atoms with Gasteiger partial charge in [0.25, 0.3) is 0 Å².